The fourth-order valence-corrected chi connectivity index (χ4v) is 1.85. The molecule has 1 rings (SSSR count). The van der Waals surface area contributed by atoms with Crippen molar-refractivity contribution in [3.05, 3.63) is 0 Å². The highest BCUT2D eigenvalue weighted by Gasteiger charge is 2.14. The van der Waals surface area contributed by atoms with Gasteiger partial charge < -0.3 is 21.7 Å². The highest BCUT2D eigenvalue weighted by atomic mass is 16.2. The number of nitrogens with zero attached hydrogens (tertiary/aromatic N) is 2. The average Bonchev–Trinajstić information content (AvgIpc) is 2.34. The lowest BCUT2D eigenvalue weighted by molar-refractivity contribution is -0.131. The highest BCUT2D eigenvalue weighted by molar-refractivity contribution is 5.76. The number of nitrogens with one attached hydrogen (secondary N) is 1. The SMILES string of the molecule is NC(N)=NCCCCCC(=O)N1CCNCC1. The molecule has 5 N–H and O–H groups in total. The molecule has 0 bridgehead atoms. The lowest BCUT2D eigenvalue weighted by Gasteiger charge is -2.27. The second kappa shape index (κ2) is 7.89. The number of aliphatic imine (C=N–C) groups is 1. The number of amides is 1. The van der Waals surface area contributed by atoms with Crippen LogP contribution in [0.15, 0.2) is 4.99 Å². The fraction of sp³-hybridized carbons (Fsp3) is 0.818. The van der Waals surface area contributed by atoms with Gasteiger partial charge in [-0.25, -0.2) is 0 Å². The largest absolute Gasteiger partial charge is 0.370 e. The van der Waals surface area contributed by atoms with Crippen molar-refractivity contribution in [2.45, 2.75) is 25.7 Å². The Morgan fingerprint density at radius 3 is 2.53 bits per heavy atom. The Morgan fingerprint density at radius 1 is 1.18 bits per heavy atom. The van der Waals surface area contributed by atoms with Gasteiger partial charge in [0, 0.05) is 39.1 Å². The van der Waals surface area contributed by atoms with E-state index in [-0.39, 0.29) is 11.9 Å². The van der Waals surface area contributed by atoms with E-state index in [1.165, 1.54) is 0 Å². The van der Waals surface area contributed by atoms with Crippen LogP contribution >= 0.6 is 0 Å². The number of piperazine rings is 1. The predicted molar refractivity (Wildman–Crippen MR) is 68.6 cm³/mol. The Kier molecular flexibility index (Phi) is 6.39. The molecule has 6 heteroatoms. The summed E-state index contributed by atoms with van der Waals surface area (Å²) in [7, 11) is 0. The number of hydrogen-bond acceptors (Lipinski definition) is 3. The van der Waals surface area contributed by atoms with Gasteiger partial charge in [-0.2, -0.15) is 0 Å². The molecule has 0 atom stereocenters. The van der Waals surface area contributed by atoms with Crippen molar-refractivity contribution in [1.82, 2.24) is 10.2 Å². The molecule has 0 aromatic heterocycles. The van der Waals surface area contributed by atoms with E-state index >= 15 is 0 Å². The summed E-state index contributed by atoms with van der Waals surface area (Å²) in [5, 5.41) is 3.23. The third-order valence-electron chi connectivity index (χ3n) is 2.81. The molecule has 0 radical (unpaired) electrons. The van der Waals surface area contributed by atoms with Crippen LogP contribution in [0.1, 0.15) is 25.7 Å². The van der Waals surface area contributed by atoms with E-state index in [2.05, 4.69) is 10.3 Å². The van der Waals surface area contributed by atoms with Crippen molar-refractivity contribution in [2.75, 3.05) is 32.7 Å². The number of guanidine groups is 1. The minimum absolute atomic E-state index is 0.141. The number of rotatable bonds is 6. The summed E-state index contributed by atoms with van der Waals surface area (Å²) >= 11 is 0. The molecule has 1 aliphatic heterocycles. The summed E-state index contributed by atoms with van der Waals surface area (Å²) in [5.41, 5.74) is 10.4. The standard InChI is InChI=1S/C11H23N5O/c12-11(13)15-5-3-1-2-4-10(17)16-8-6-14-7-9-16/h14H,1-9H2,(H4,12,13,15). The van der Waals surface area contributed by atoms with E-state index in [1.54, 1.807) is 0 Å². The molecule has 0 saturated carbocycles. The van der Waals surface area contributed by atoms with Crippen LogP contribution in [0.4, 0.5) is 0 Å². The molecule has 1 aliphatic rings. The van der Waals surface area contributed by atoms with Crippen LogP contribution < -0.4 is 16.8 Å². The first-order chi connectivity index (χ1) is 8.20. The molecular weight excluding hydrogens is 218 g/mol. The van der Waals surface area contributed by atoms with Crippen LogP contribution in [0, 0.1) is 0 Å². The number of carbonyl (C=O) groups excluding carboxylic acids is 1. The Bertz CT molecular complexity index is 257. The van der Waals surface area contributed by atoms with Crippen LogP contribution in [0.3, 0.4) is 0 Å². The molecule has 0 spiro atoms. The molecule has 0 aromatic rings. The van der Waals surface area contributed by atoms with Gasteiger partial charge in [-0.05, 0) is 12.8 Å². The second-order valence-corrected chi connectivity index (χ2v) is 4.25. The Morgan fingerprint density at radius 2 is 1.88 bits per heavy atom. The van der Waals surface area contributed by atoms with Gasteiger partial charge in [0.2, 0.25) is 5.91 Å². The molecule has 6 nitrogen and oxygen atoms in total. The van der Waals surface area contributed by atoms with Crippen molar-refractivity contribution in [3.63, 3.8) is 0 Å². The smallest absolute Gasteiger partial charge is 0.222 e. The van der Waals surface area contributed by atoms with Crippen molar-refractivity contribution in [1.29, 1.82) is 0 Å². The zero-order valence-electron chi connectivity index (χ0n) is 10.3. The van der Waals surface area contributed by atoms with Crippen molar-refractivity contribution < 1.29 is 4.79 Å². The van der Waals surface area contributed by atoms with Gasteiger partial charge in [0.1, 0.15) is 0 Å². The van der Waals surface area contributed by atoms with E-state index in [1.807, 2.05) is 4.90 Å². The summed E-state index contributed by atoms with van der Waals surface area (Å²) in [6, 6.07) is 0. The van der Waals surface area contributed by atoms with Gasteiger partial charge in [-0.3, -0.25) is 9.79 Å². The Labute approximate surface area is 102 Å². The summed E-state index contributed by atoms with van der Waals surface area (Å²) < 4.78 is 0. The molecule has 0 aliphatic carbocycles. The summed E-state index contributed by atoms with van der Waals surface area (Å²) in [6.07, 6.45) is 3.49. The average molecular weight is 241 g/mol. The van der Waals surface area contributed by atoms with Crippen molar-refractivity contribution >= 4 is 11.9 Å². The maximum Gasteiger partial charge on any atom is 0.222 e. The van der Waals surface area contributed by atoms with Gasteiger partial charge in [-0.15, -0.1) is 0 Å². The summed E-state index contributed by atoms with van der Waals surface area (Å²) in [4.78, 5) is 17.6. The second-order valence-electron chi connectivity index (χ2n) is 4.25. The lowest BCUT2D eigenvalue weighted by Crippen LogP contribution is -2.46. The van der Waals surface area contributed by atoms with Crippen molar-refractivity contribution in [2.24, 2.45) is 16.5 Å². The molecule has 0 unspecified atom stereocenters. The zero-order valence-corrected chi connectivity index (χ0v) is 10.3. The first-order valence-corrected chi connectivity index (χ1v) is 6.24. The summed E-state index contributed by atoms with van der Waals surface area (Å²) in [5.74, 6) is 0.412. The topological polar surface area (TPSA) is 96.7 Å². The van der Waals surface area contributed by atoms with Crippen LogP contribution in [0.2, 0.25) is 0 Å². The summed E-state index contributed by atoms with van der Waals surface area (Å²) in [6.45, 7) is 4.16. The molecule has 0 aromatic carbocycles. The molecule has 1 heterocycles. The maximum atomic E-state index is 11.8. The zero-order chi connectivity index (χ0) is 12.5. The van der Waals surface area contributed by atoms with Gasteiger partial charge in [0.05, 0.1) is 0 Å². The third-order valence-corrected chi connectivity index (χ3v) is 2.81. The molecule has 17 heavy (non-hydrogen) atoms. The molecule has 1 fully saturated rings. The van der Waals surface area contributed by atoms with Gasteiger partial charge >= 0.3 is 0 Å². The maximum absolute atomic E-state index is 11.8. The number of carbonyl (C=O) groups is 1. The van der Waals surface area contributed by atoms with Gasteiger partial charge in [0.15, 0.2) is 5.96 Å². The minimum Gasteiger partial charge on any atom is -0.370 e. The quantitative estimate of drug-likeness (QED) is 0.324. The van der Waals surface area contributed by atoms with Crippen LogP contribution in [0.5, 0.6) is 0 Å². The van der Waals surface area contributed by atoms with Crippen LogP contribution in [0.25, 0.3) is 0 Å². The number of unbranched alkanes of at least 4 members (excludes halogenated alkanes) is 2. The van der Waals surface area contributed by atoms with E-state index < -0.39 is 0 Å². The first-order valence-electron chi connectivity index (χ1n) is 6.24. The minimum atomic E-state index is 0.141. The number of nitrogens with two attached hydrogens (primary N) is 2. The van der Waals surface area contributed by atoms with E-state index in [0.717, 1.165) is 45.4 Å². The molecule has 1 saturated heterocycles. The normalized spacial score (nSPS) is 15.6. The monoisotopic (exact) mass is 241 g/mol. The Balaban J connectivity index is 2.01. The van der Waals surface area contributed by atoms with Crippen LogP contribution in [-0.2, 0) is 4.79 Å². The fourth-order valence-electron chi connectivity index (χ4n) is 1.85. The van der Waals surface area contributed by atoms with E-state index in [4.69, 9.17) is 11.5 Å². The molecular formula is C11H23N5O. The first kappa shape index (κ1) is 13.8. The van der Waals surface area contributed by atoms with Gasteiger partial charge in [0.25, 0.3) is 0 Å². The van der Waals surface area contributed by atoms with Crippen LogP contribution in [-0.4, -0.2) is 49.5 Å². The number of hydrogen-bond donors (Lipinski definition) is 3. The lowest BCUT2D eigenvalue weighted by atomic mass is 10.1. The van der Waals surface area contributed by atoms with Crippen molar-refractivity contribution in [3.8, 4) is 0 Å². The molecule has 1 amide bonds. The van der Waals surface area contributed by atoms with E-state index in [9.17, 15) is 4.79 Å². The highest BCUT2D eigenvalue weighted by Crippen LogP contribution is 2.04. The Hall–Kier alpha value is -1.30. The third kappa shape index (κ3) is 6.11. The van der Waals surface area contributed by atoms with Gasteiger partial charge in [-0.1, -0.05) is 6.42 Å². The van der Waals surface area contributed by atoms with E-state index in [0.29, 0.717) is 13.0 Å². The predicted octanol–water partition coefficient (Wildman–Crippen LogP) is -0.748. The molecule has 98 valence electrons.